The minimum atomic E-state index is -3.10. The zero-order valence-corrected chi connectivity index (χ0v) is 11.3. The van der Waals surface area contributed by atoms with Gasteiger partial charge in [0, 0.05) is 19.8 Å². The number of hydrogen-bond acceptors (Lipinski definition) is 6. The van der Waals surface area contributed by atoms with Crippen molar-refractivity contribution in [3.05, 3.63) is 15.8 Å². The molecule has 1 heterocycles. The molecule has 0 spiro atoms. The summed E-state index contributed by atoms with van der Waals surface area (Å²) in [5.74, 6) is 0.150. The van der Waals surface area contributed by atoms with Gasteiger partial charge in [0.25, 0.3) is 0 Å². The van der Waals surface area contributed by atoms with Crippen LogP contribution in [0.5, 0.6) is 0 Å². The second-order valence-electron chi connectivity index (χ2n) is 3.93. The van der Waals surface area contributed by atoms with Gasteiger partial charge in [0.1, 0.15) is 15.5 Å². The summed E-state index contributed by atoms with van der Waals surface area (Å²) in [6.07, 6.45) is 1.56. The largest absolute Gasteiger partial charge is 0.364 e. The molecule has 9 heteroatoms. The number of rotatable bonds is 6. The van der Waals surface area contributed by atoms with Gasteiger partial charge in [-0.1, -0.05) is 6.92 Å². The molecule has 18 heavy (non-hydrogen) atoms. The second kappa shape index (κ2) is 5.34. The topological polar surface area (TPSA) is 107 Å². The van der Waals surface area contributed by atoms with Gasteiger partial charge in [-0.15, -0.1) is 0 Å². The van der Waals surface area contributed by atoms with Crippen molar-refractivity contribution in [1.82, 2.24) is 9.78 Å². The van der Waals surface area contributed by atoms with Gasteiger partial charge in [0.2, 0.25) is 5.82 Å². The predicted octanol–water partition coefficient (Wildman–Crippen LogP) is 0.347. The zero-order chi connectivity index (χ0) is 13.9. The number of nitro groups is 1. The summed E-state index contributed by atoms with van der Waals surface area (Å²) in [5, 5.41) is 17.8. The van der Waals surface area contributed by atoms with E-state index < -0.39 is 14.8 Å². The molecule has 0 aliphatic carbocycles. The molecule has 0 aliphatic rings. The molecule has 1 N–H and O–H groups in total. The lowest BCUT2D eigenvalue weighted by molar-refractivity contribution is -0.384. The normalized spacial score (nSPS) is 11.5. The first-order chi connectivity index (χ1) is 8.26. The number of aryl methyl sites for hydroxylation is 2. The third kappa shape index (κ3) is 3.42. The molecule has 8 nitrogen and oxygen atoms in total. The van der Waals surface area contributed by atoms with E-state index in [1.165, 1.54) is 4.68 Å². The van der Waals surface area contributed by atoms with Crippen LogP contribution in [0.15, 0.2) is 0 Å². The highest BCUT2D eigenvalue weighted by Gasteiger charge is 2.25. The fourth-order valence-electron chi connectivity index (χ4n) is 1.55. The van der Waals surface area contributed by atoms with E-state index in [2.05, 4.69) is 10.4 Å². The van der Waals surface area contributed by atoms with Crippen molar-refractivity contribution in [3.8, 4) is 0 Å². The van der Waals surface area contributed by atoms with Crippen LogP contribution in [0.4, 0.5) is 11.5 Å². The molecule has 0 unspecified atom stereocenters. The first-order valence-corrected chi connectivity index (χ1v) is 7.44. The third-order valence-corrected chi connectivity index (χ3v) is 3.32. The lowest BCUT2D eigenvalue weighted by atomic mass is 10.3. The molecule has 1 aromatic heterocycles. The molecule has 1 aromatic rings. The van der Waals surface area contributed by atoms with Gasteiger partial charge in [-0.3, -0.25) is 10.1 Å². The Morgan fingerprint density at radius 1 is 1.50 bits per heavy atom. The molecule has 0 aliphatic heterocycles. The van der Waals surface area contributed by atoms with Crippen molar-refractivity contribution >= 4 is 21.3 Å². The summed E-state index contributed by atoms with van der Waals surface area (Å²) in [5.41, 5.74) is 0.290. The Morgan fingerprint density at radius 2 is 2.11 bits per heavy atom. The Labute approximate surface area is 105 Å². The fraction of sp³-hybridized carbons (Fsp3) is 0.667. The van der Waals surface area contributed by atoms with Gasteiger partial charge in [0.05, 0.1) is 10.7 Å². The molecule has 0 bridgehead atoms. The number of nitrogens with zero attached hydrogens (tertiary/aromatic N) is 3. The summed E-state index contributed by atoms with van der Waals surface area (Å²) in [6.45, 7) is 1.89. The van der Waals surface area contributed by atoms with Gasteiger partial charge in [-0.2, -0.15) is 5.10 Å². The van der Waals surface area contributed by atoms with Crippen LogP contribution in [-0.4, -0.2) is 41.7 Å². The summed E-state index contributed by atoms with van der Waals surface area (Å²) in [7, 11) is -1.52. The zero-order valence-electron chi connectivity index (χ0n) is 10.5. The summed E-state index contributed by atoms with van der Waals surface area (Å²) < 4.78 is 23.3. The molecule has 1 rings (SSSR count). The SMILES string of the molecule is CCc1nn(C)c(NCCS(C)(=O)=O)c1[N+](=O)[O-]. The van der Waals surface area contributed by atoms with Crippen molar-refractivity contribution in [2.75, 3.05) is 23.9 Å². The van der Waals surface area contributed by atoms with Crippen LogP contribution in [0.3, 0.4) is 0 Å². The number of aromatic nitrogens is 2. The van der Waals surface area contributed by atoms with Crippen LogP contribution < -0.4 is 5.32 Å². The van der Waals surface area contributed by atoms with Crippen LogP contribution >= 0.6 is 0 Å². The lowest BCUT2D eigenvalue weighted by Gasteiger charge is -2.04. The van der Waals surface area contributed by atoms with E-state index in [1.54, 1.807) is 14.0 Å². The van der Waals surface area contributed by atoms with Crippen LogP contribution in [0, 0.1) is 10.1 Å². The van der Waals surface area contributed by atoms with Crippen LogP contribution in [0.1, 0.15) is 12.6 Å². The summed E-state index contributed by atoms with van der Waals surface area (Å²) >= 11 is 0. The van der Waals surface area contributed by atoms with Crippen LogP contribution in [-0.2, 0) is 23.3 Å². The van der Waals surface area contributed by atoms with Crippen LogP contribution in [0.2, 0.25) is 0 Å². The highest BCUT2D eigenvalue weighted by molar-refractivity contribution is 7.90. The Morgan fingerprint density at radius 3 is 2.56 bits per heavy atom. The Balaban J connectivity index is 2.94. The van der Waals surface area contributed by atoms with E-state index in [0.717, 1.165) is 6.26 Å². The number of hydrogen-bond donors (Lipinski definition) is 1. The maximum atomic E-state index is 11.0. The third-order valence-electron chi connectivity index (χ3n) is 2.37. The van der Waals surface area contributed by atoms with Gasteiger partial charge < -0.3 is 5.32 Å². The van der Waals surface area contributed by atoms with Crippen LogP contribution in [0.25, 0.3) is 0 Å². The number of anilines is 1. The van der Waals surface area contributed by atoms with Crippen molar-refractivity contribution in [1.29, 1.82) is 0 Å². The molecule has 0 saturated heterocycles. The van der Waals surface area contributed by atoms with E-state index >= 15 is 0 Å². The van der Waals surface area contributed by atoms with E-state index in [4.69, 9.17) is 0 Å². The Bertz CT molecular complexity index is 549. The highest BCUT2D eigenvalue weighted by Crippen LogP contribution is 2.28. The lowest BCUT2D eigenvalue weighted by Crippen LogP contribution is -2.16. The molecule has 0 fully saturated rings. The Hall–Kier alpha value is -1.64. The average molecular weight is 276 g/mol. The fourth-order valence-corrected chi connectivity index (χ4v) is 2.02. The monoisotopic (exact) mass is 276 g/mol. The summed E-state index contributed by atoms with van der Waals surface area (Å²) in [6, 6.07) is 0. The van der Waals surface area contributed by atoms with E-state index in [-0.39, 0.29) is 23.8 Å². The number of nitrogens with one attached hydrogen (secondary N) is 1. The standard InChI is InChI=1S/C9H16N4O4S/c1-4-7-8(13(14)15)9(12(2)11-7)10-5-6-18(3,16)17/h10H,4-6H2,1-3H3. The molecule has 0 radical (unpaired) electrons. The van der Waals surface area contributed by atoms with Gasteiger partial charge in [-0.05, 0) is 6.42 Å². The van der Waals surface area contributed by atoms with Gasteiger partial charge >= 0.3 is 5.69 Å². The van der Waals surface area contributed by atoms with E-state index in [9.17, 15) is 18.5 Å². The molecule has 0 atom stereocenters. The molecule has 0 amide bonds. The maximum Gasteiger partial charge on any atom is 0.333 e. The molecular weight excluding hydrogens is 260 g/mol. The first-order valence-electron chi connectivity index (χ1n) is 5.38. The quantitative estimate of drug-likeness (QED) is 0.593. The van der Waals surface area contributed by atoms with Gasteiger partial charge in [-0.25, -0.2) is 13.1 Å². The molecule has 0 aromatic carbocycles. The summed E-state index contributed by atoms with van der Waals surface area (Å²) in [4.78, 5) is 10.5. The molecular formula is C9H16N4O4S. The van der Waals surface area contributed by atoms with Crippen molar-refractivity contribution < 1.29 is 13.3 Å². The highest BCUT2D eigenvalue weighted by atomic mass is 32.2. The van der Waals surface area contributed by atoms with Crippen molar-refractivity contribution in [2.24, 2.45) is 7.05 Å². The van der Waals surface area contributed by atoms with Crippen molar-refractivity contribution in [3.63, 3.8) is 0 Å². The van der Waals surface area contributed by atoms with Crippen molar-refractivity contribution in [2.45, 2.75) is 13.3 Å². The maximum absolute atomic E-state index is 11.0. The molecule has 0 saturated carbocycles. The average Bonchev–Trinajstić information content (AvgIpc) is 2.54. The van der Waals surface area contributed by atoms with E-state index in [0.29, 0.717) is 12.1 Å². The van der Waals surface area contributed by atoms with E-state index in [1.807, 2.05) is 0 Å². The van der Waals surface area contributed by atoms with Gasteiger partial charge in [0.15, 0.2) is 0 Å². The first kappa shape index (κ1) is 14.4. The Kier molecular flexibility index (Phi) is 4.28. The minimum Gasteiger partial charge on any atom is -0.364 e. The number of sulfone groups is 1. The minimum absolute atomic E-state index is 0.0865. The smallest absolute Gasteiger partial charge is 0.333 e. The second-order valence-corrected chi connectivity index (χ2v) is 6.19. The predicted molar refractivity (Wildman–Crippen MR) is 67.4 cm³/mol. The molecule has 102 valence electrons.